The molecule has 1 aliphatic carbocycles. The van der Waals surface area contributed by atoms with E-state index in [0.717, 1.165) is 11.8 Å². The number of carbonyl (C=O) groups excluding carboxylic acids is 2. The third kappa shape index (κ3) is 2.48. The van der Waals surface area contributed by atoms with Crippen LogP contribution in [0.15, 0.2) is 30.3 Å². The molecular weight excluding hydrogens is 204 g/mol. The first kappa shape index (κ1) is 10.9. The van der Waals surface area contributed by atoms with Gasteiger partial charge in [-0.15, -0.1) is 0 Å². The SMILES string of the molecule is O=CC1CC(C(=O)OCc2ccccc2)C1. The third-order valence-corrected chi connectivity index (χ3v) is 2.92. The maximum Gasteiger partial charge on any atom is 0.309 e. The molecule has 1 aliphatic rings. The van der Waals surface area contributed by atoms with Gasteiger partial charge in [-0.3, -0.25) is 4.79 Å². The number of hydrogen-bond donors (Lipinski definition) is 0. The Morgan fingerprint density at radius 3 is 2.62 bits per heavy atom. The Balaban J connectivity index is 1.75. The van der Waals surface area contributed by atoms with Crippen LogP contribution in [0.5, 0.6) is 0 Å². The molecule has 0 atom stereocenters. The quantitative estimate of drug-likeness (QED) is 0.573. The standard InChI is InChI=1S/C13H14O3/c14-8-11-6-12(7-11)13(15)16-9-10-4-2-1-3-5-10/h1-5,8,11-12H,6-7,9H2. The van der Waals surface area contributed by atoms with Gasteiger partial charge in [-0.1, -0.05) is 30.3 Å². The van der Waals surface area contributed by atoms with E-state index in [0.29, 0.717) is 19.4 Å². The van der Waals surface area contributed by atoms with E-state index in [1.807, 2.05) is 30.3 Å². The van der Waals surface area contributed by atoms with Crippen molar-refractivity contribution >= 4 is 12.3 Å². The van der Waals surface area contributed by atoms with E-state index in [9.17, 15) is 9.59 Å². The molecule has 0 N–H and O–H groups in total. The number of benzene rings is 1. The van der Waals surface area contributed by atoms with Crippen LogP contribution in [0.2, 0.25) is 0 Å². The Morgan fingerprint density at radius 2 is 2.00 bits per heavy atom. The average molecular weight is 218 g/mol. The van der Waals surface area contributed by atoms with Crippen molar-refractivity contribution < 1.29 is 14.3 Å². The minimum absolute atomic E-state index is 0.0641. The summed E-state index contributed by atoms with van der Waals surface area (Å²) in [6.07, 6.45) is 2.22. The lowest BCUT2D eigenvalue weighted by molar-refractivity contribution is -0.154. The van der Waals surface area contributed by atoms with Crippen molar-refractivity contribution in [1.82, 2.24) is 0 Å². The van der Waals surface area contributed by atoms with Crippen LogP contribution >= 0.6 is 0 Å². The van der Waals surface area contributed by atoms with E-state index in [4.69, 9.17) is 4.74 Å². The van der Waals surface area contributed by atoms with E-state index in [1.54, 1.807) is 0 Å². The van der Waals surface area contributed by atoms with Gasteiger partial charge < -0.3 is 9.53 Å². The van der Waals surface area contributed by atoms with Crippen LogP contribution in [-0.2, 0) is 20.9 Å². The Bertz CT molecular complexity index is 366. The zero-order valence-electron chi connectivity index (χ0n) is 8.96. The van der Waals surface area contributed by atoms with Gasteiger partial charge in [0.25, 0.3) is 0 Å². The molecule has 84 valence electrons. The van der Waals surface area contributed by atoms with Crippen LogP contribution in [0.4, 0.5) is 0 Å². The minimum Gasteiger partial charge on any atom is -0.461 e. The number of rotatable bonds is 4. The van der Waals surface area contributed by atoms with E-state index in [2.05, 4.69) is 0 Å². The summed E-state index contributed by atoms with van der Waals surface area (Å²) in [5.74, 6) is -0.185. The van der Waals surface area contributed by atoms with Crippen molar-refractivity contribution in [3.05, 3.63) is 35.9 Å². The molecule has 2 rings (SSSR count). The van der Waals surface area contributed by atoms with Gasteiger partial charge >= 0.3 is 5.97 Å². The zero-order valence-corrected chi connectivity index (χ0v) is 8.96. The van der Waals surface area contributed by atoms with Gasteiger partial charge in [0.1, 0.15) is 12.9 Å². The summed E-state index contributed by atoms with van der Waals surface area (Å²) >= 11 is 0. The molecule has 1 aromatic rings. The summed E-state index contributed by atoms with van der Waals surface area (Å²) in [4.78, 5) is 21.9. The van der Waals surface area contributed by atoms with Gasteiger partial charge in [0.15, 0.2) is 0 Å². The Kier molecular flexibility index (Phi) is 3.34. The molecule has 0 heterocycles. The van der Waals surface area contributed by atoms with E-state index >= 15 is 0 Å². The van der Waals surface area contributed by atoms with Crippen molar-refractivity contribution in [2.24, 2.45) is 11.8 Å². The fourth-order valence-electron chi connectivity index (χ4n) is 1.81. The Hall–Kier alpha value is -1.64. The fraction of sp³-hybridized carbons (Fsp3) is 0.385. The van der Waals surface area contributed by atoms with Crippen LogP contribution < -0.4 is 0 Å². The summed E-state index contributed by atoms with van der Waals surface area (Å²) in [6.45, 7) is 0.321. The van der Waals surface area contributed by atoms with Crippen molar-refractivity contribution in [2.75, 3.05) is 0 Å². The van der Waals surface area contributed by atoms with Crippen molar-refractivity contribution in [1.29, 1.82) is 0 Å². The molecule has 1 aromatic carbocycles. The van der Waals surface area contributed by atoms with Crippen LogP contribution in [-0.4, -0.2) is 12.3 Å². The molecule has 0 saturated heterocycles. The van der Waals surface area contributed by atoms with Gasteiger partial charge in [-0.2, -0.15) is 0 Å². The van der Waals surface area contributed by atoms with Crippen LogP contribution in [0.25, 0.3) is 0 Å². The molecular formula is C13H14O3. The van der Waals surface area contributed by atoms with Gasteiger partial charge in [0, 0.05) is 5.92 Å². The number of ether oxygens (including phenoxy) is 1. The lowest BCUT2D eigenvalue weighted by atomic mass is 9.76. The molecule has 0 unspecified atom stereocenters. The highest BCUT2D eigenvalue weighted by Crippen LogP contribution is 2.33. The summed E-state index contributed by atoms with van der Waals surface area (Å²) in [7, 11) is 0. The number of esters is 1. The number of hydrogen-bond acceptors (Lipinski definition) is 3. The largest absolute Gasteiger partial charge is 0.461 e. The summed E-state index contributed by atoms with van der Waals surface area (Å²) in [5.41, 5.74) is 0.988. The van der Waals surface area contributed by atoms with Gasteiger partial charge in [-0.05, 0) is 18.4 Å². The third-order valence-electron chi connectivity index (χ3n) is 2.92. The fourth-order valence-corrected chi connectivity index (χ4v) is 1.81. The lowest BCUT2D eigenvalue weighted by Gasteiger charge is -2.29. The molecule has 0 aliphatic heterocycles. The predicted molar refractivity (Wildman–Crippen MR) is 58.5 cm³/mol. The second kappa shape index (κ2) is 4.92. The van der Waals surface area contributed by atoms with Crippen molar-refractivity contribution in [2.45, 2.75) is 19.4 Å². The van der Waals surface area contributed by atoms with E-state index in [1.165, 1.54) is 0 Å². The Labute approximate surface area is 94.4 Å². The van der Waals surface area contributed by atoms with E-state index < -0.39 is 0 Å². The first-order valence-electron chi connectivity index (χ1n) is 5.45. The second-order valence-electron chi connectivity index (χ2n) is 4.16. The molecule has 3 heteroatoms. The van der Waals surface area contributed by atoms with Crippen LogP contribution in [0.3, 0.4) is 0 Å². The molecule has 16 heavy (non-hydrogen) atoms. The first-order valence-corrected chi connectivity index (χ1v) is 5.45. The highest BCUT2D eigenvalue weighted by Gasteiger charge is 2.35. The lowest BCUT2D eigenvalue weighted by Crippen LogP contribution is -2.32. The van der Waals surface area contributed by atoms with Gasteiger partial charge in [0.2, 0.25) is 0 Å². The van der Waals surface area contributed by atoms with Crippen LogP contribution in [0.1, 0.15) is 18.4 Å². The zero-order chi connectivity index (χ0) is 11.4. The molecule has 0 bridgehead atoms. The molecule has 3 nitrogen and oxygen atoms in total. The minimum atomic E-state index is -0.179. The summed E-state index contributed by atoms with van der Waals surface area (Å²) in [6, 6.07) is 9.58. The first-order chi connectivity index (χ1) is 7.79. The summed E-state index contributed by atoms with van der Waals surface area (Å²) in [5, 5.41) is 0. The normalized spacial score (nSPS) is 23.2. The predicted octanol–water partition coefficient (Wildman–Crippen LogP) is 1.95. The highest BCUT2D eigenvalue weighted by atomic mass is 16.5. The van der Waals surface area contributed by atoms with Crippen molar-refractivity contribution in [3.8, 4) is 0 Å². The number of carbonyl (C=O) groups is 2. The Morgan fingerprint density at radius 1 is 1.31 bits per heavy atom. The molecule has 0 aromatic heterocycles. The molecule has 1 saturated carbocycles. The van der Waals surface area contributed by atoms with Gasteiger partial charge in [-0.25, -0.2) is 0 Å². The monoisotopic (exact) mass is 218 g/mol. The molecule has 1 fully saturated rings. The topological polar surface area (TPSA) is 43.4 Å². The smallest absolute Gasteiger partial charge is 0.309 e. The highest BCUT2D eigenvalue weighted by molar-refractivity contribution is 5.75. The molecule has 0 spiro atoms. The van der Waals surface area contributed by atoms with Gasteiger partial charge in [0.05, 0.1) is 5.92 Å². The van der Waals surface area contributed by atoms with Crippen molar-refractivity contribution in [3.63, 3.8) is 0 Å². The second-order valence-corrected chi connectivity index (χ2v) is 4.16. The molecule has 0 amide bonds. The van der Waals surface area contributed by atoms with E-state index in [-0.39, 0.29) is 17.8 Å². The number of aldehydes is 1. The summed E-state index contributed by atoms with van der Waals surface area (Å²) < 4.78 is 5.17. The average Bonchev–Trinajstić information content (AvgIpc) is 2.26. The van der Waals surface area contributed by atoms with Crippen LogP contribution in [0, 0.1) is 11.8 Å². The maximum atomic E-state index is 11.5. The maximum absolute atomic E-state index is 11.5. The molecule has 0 radical (unpaired) electrons.